The number of rotatable bonds is 6. The first-order valence-electron chi connectivity index (χ1n) is 7.63. The number of hydrogen-bond acceptors (Lipinski definition) is 5. The molecule has 0 aromatic heterocycles. The molecule has 6 heteroatoms. The first kappa shape index (κ1) is 19.1. The lowest BCUT2D eigenvalue weighted by molar-refractivity contribution is -0.163. The Labute approximate surface area is 137 Å². The maximum Gasteiger partial charge on any atom is 0.328 e. The van der Waals surface area contributed by atoms with Gasteiger partial charge in [-0.1, -0.05) is 30.3 Å². The molecule has 2 atom stereocenters. The molecule has 0 heterocycles. The molecule has 2 N–H and O–H groups in total. The number of carbonyl (C=O) groups excluding carboxylic acids is 2. The SMILES string of the molecule is C[C@H](NC(=O)[C@H](C)N(O)Cc1ccccc1)C(=O)OC(C)(C)C. The van der Waals surface area contributed by atoms with E-state index in [9.17, 15) is 14.8 Å². The van der Waals surface area contributed by atoms with Crippen LogP contribution in [0.4, 0.5) is 0 Å². The number of ether oxygens (including phenoxy) is 1. The van der Waals surface area contributed by atoms with Crippen molar-refractivity contribution in [2.75, 3.05) is 0 Å². The molecule has 1 amide bonds. The van der Waals surface area contributed by atoms with Crippen LogP contribution in [0, 0.1) is 0 Å². The highest BCUT2D eigenvalue weighted by molar-refractivity contribution is 5.87. The number of benzene rings is 1. The van der Waals surface area contributed by atoms with E-state index in [4.69, 9.17) is 4.74 Å². The van der Waals surface area contributed by atoms with E-state index < -0.39 is 29.6 Å². The van der Waals surface area contributed by atoms with Crippen molar-refractivity contribution in [3.63, 3.8) is 0 Å². The van der Waals surface area contributed by atoms with E-state index in [1.807, 2.05) is 30.3 Å². The Kier molecular flexibility index (Phi) is 6.72. The van der Waals surface area contributed by atoms with Crippen LogP contribution in [0.15, 0.2) is 30.3 Å². The van der Waals surface area contributed by atoms with Gasteiger partial charge in [-0.15, -0.1) is 0 Å². The molecule has 0 saturated heterocycles. The standard InChI is InChI=1S/C17H26N2O4/c1-12(16(21)23-17(3,4)5)18-15(20)13(2)19(22)11-14-9-7-6-8-10-14/h6-10,12-13,22H,11H2,1-5H3,(H,18,20)/t12-,13-/m0/s1. The summed E-state index contributed by atoms with van der Waals surface area (Å²) in [4.78, 5) is 24.0. The van der Waals surface area contributed by atoms with Gasteiger partial charge in [-0.3, -0.25) is 4.79 Å². The number of carbonyl (C=O) groups is 2. The van der Waals surface area contributed by atoms with E-state index >= 15 is 0 Å². The molecule has 0 unspecified atom stereocenters. The van der Waals surface area contributed by atoms with Crippen LogP contribution in [0.3, 0.4) is 0 Å². The molecule has 0 bridgehead atoms. The third kappa shape index (κ3) is 6.80. The molecule has 0 radical (unpaired) electrons. The summed E-state index contributed by atoms with van der Waals surface area (Å²) in [6, 6.07) is 7.74. The smallest absolute Gasteiger partial charge is 0.328 e. The number of nitrogens with zero attached hydrogens (tertiary/aromatic N) is 1. The summed E-state index contributed by atoms with van der Waals surface area (Å²) in [5.74, 6) is -0.951. The Hall–Kier alpha value is -1.92. The zero-order chi connectivity index (χ0) is 17.6. The van der Waals surface area contributed by atoms with Crippen molar-refractivity contribution >= 4 is 11.9 Å². The van der Waals surface area contributed by atoms with Crippen LogP contribution >= 0.6 is 0 Å². The minimum Gasteiger partial charge on any atom is -0.458 e. The summed E-state index contributed by atoms with van der Waals surface area (Å²) in [6.07, 6.45) is 0. The molecule has 0 saturated carbocycles. The summed E-state index contributed by atoms with van der Waals surface area (Å²) < 4.78 is 5.21. The van der Waals surface area contributed by atoms with Gasteiger partial charge in [0.15, 0.2) is 0 Å². The molecular formula is C17H26N2O4. The number of nitrogens with one attached hydrogen (secondary N) is 1. The summed E-state index contributed by atoms with van der Waals surface area (Å²) in [5.41, 5.74) is 0.271. The van der Waals surface area contributed by atoms with Gasteiger partial charge in [0, 0.05) is 6.54 Å². The van der Waals surface area contributed by atoms with Gasteiger partial charge in [0.1, 0.15) is 17.7 Å². The van der Waals surface area contributed by atoms with Gasteiger partial charge in [0.05, 0.1) is 0 Å². The quantitative estimate of drug-likeness (QED) is 0.619. The molecule has 0 fully saturated rings. The topological polar surface area (TPSA) is 78.9 Å². The zero-order valence-electron chi connectivity index (χ0n) is 14.4. The second-order valence-corrected chi connectivity index (χ2v) is 6.52. The summed E-state index contributed by atoms with van der Waals surface area (Å²) in [7, 11) is 0. The molecule has 6 nitrogen and oxygen atoms in total. The maximum absolute atomic E-state index is 12.1. The number of amides is 1. The summed E-state index contributed by atoms with van der Waals surface area (Å²) in [5, 5.41) is 13.5. The van der Waals surface area contributed by atoms with Crippen molar-refractivity contribution in [2.45, 2.75) is 58.8 Å². The first-order chi connectivity index (χ1) is 10.6. The van der Waals surface area contributed by atoms with Crippen LogP contribution in [0.2, 0.25) is 0 Å². The van der Waals surface area contributed by atoms with Gasteiger partial charge in [-0.2, -0.15) is 5.06 Å². The van der Waals surface area contributed by atoms with Crippen molar-refractivity contribution in [3.05, 3.63) is 35.9 Å². The van der Waals surface area contributed by atoms with E-state index in [0.717, 1.165) is 10.6 Å². The van der Waals surface area contributed by atoms with Gasteiger partial charge < -0.3 is 15.3 Å². The Morgan fingerprint density at radius 2 is 1.78 bits per heavy atom. The van der Waals surface area contributed by atoms with Crippen LogP contribution in [-0.4, -0.2) is 39.8 Å². The van der Waals surface area contributed by atoms with Crippen LogP contribution in [0.5, 0.6) is 0 Å². The van der Waals surface area contributed by atoms with E-state index in [1.54, 1.807) is 34.6 Å². The Morgan fingerprint density at radius 1 is 1.22 bits per heavy atom. The van der Waals surface area contributed by atoms with Crippen LogP contribution in [0.1, 0.15) is 40.2 Å². The molecule has 0 aliphatic rings. The second-order valence-electron chi connectivity index (χ2n) is 6.52. The minimum atomic E-state index is -0.792. The Morgan fingerprint density at radius 3 is 2.30 bits per heavy atom. The molecule has 23 heavy (non-hydrogen) atoms. The van der Waals surface area contributed by atoms with Crippen molar-refractivity contribution in [1.29, 1.82) is 0 Å². The van der Waals surface area contributed by atoms with Crippen LogP contribution in [0.25, 0.3) is 0 Å². The lowest BCUT2D eigenvalue weighted by atomic mass is 10.2. The Balaban J connectivity index is 2.54. The number of hydroxylamine groups is 2. The van der Waals surface area contributed by atoms with Crippen molar-refractivity contribution in [3.8, 4) is 0 Å². The summed E-state index contributed by atoms with van der Waals surface area (Å²) in [6.45, 7) is 8.63. The van der Waals surface area contributed by atoms with Gasteiger partial charge in [0.25, 0.3) is 0 Å². The first-order valence-corrected chi connectivity index (χ1v) is 7.63. The van der Waals surface area contributed by atoms with E-state index in [1.165, 1.54) is 0 Å². The minimum absolute atomic E-state index is 0.218. The van der Waals surface area contributed by atoms with Gasteiger partial charge in [-0.25, -0.2) is 4.79 Å². The van der Waals surface area contributed by atoms with Gasteiger partial charge in [-0.05, 0) is 40.2 Å². The fourth-order valence-electron chi connectivity index (χ4n) is 1.83. The van der Waals surface area contributed by atoms with E-state index in [-0.39, 0.29) is 6.54 Å². The van der Waals surface area contributed by atoms with Crippen molar-refractivity contribution < 1.29 is 19.5 Å². The zero-order valence-corrected chi connectivity index (χ0v) is 14.4. The molecule has 0 aliphatic heterocycles. The molecule has 1 aromatic carbocycles. The predicted octanol–water partition coefficient (Wildman–Crippen LogP) is 2.11. The van der Waals surface area contributed by atoms with E-state index in [2.05, 4.69) is 5.32 Å². The summed E-state index contributed by atoms with van der Waals surface area (Å²) >= 11 is 0. The number of hydrogen-bond donors (Lipinski definition) is 2. The molecule has 1 rings (SSSR count). The van der Waals surface area contributed by atoms with Gasteiger partial charge >= 0.3 is 5.97 Å². The molecule has 128 valence electrons. The second kappa shape index (κ2) is 8.08. The monoisotopic (exact) mass is 322 g/mol. The van der Waals surface area contributed by atoms with Crippen molar-refractivity contribution in [2.24, 2.45) is 0 Å². The molecular weight excluding hydrogens is 296 g/mol. The number of esters is 1. The lowest BCUT2D eigenvalue weighted by Crippen LogP contribution is -2.49. The molecule has 0 aliphatic carbocycles. The average Bonchev–Trinajstić information content (AvgIpc) is 2.45. The predicted molar refractivity (Wildman–Crippen MR) is 86.7 cm³/mol. The normalized spacial score (nSPS) is 14.2. The highest BCUT2D eigenvalue weighted by Gasteiger charge is 2.26. The third-order valence-corrected chi connectivity index (χ3v) is 3.13. The highest BCUT2D eigenvalue weighted by atomic mass is 16.6. The largest absolute Gasteiger partial charge is 0.458 e. The highest BCUT2D eigenvalue weighted by Crippen LogP contribution is 2.09. The van der Waals surface area contributed by atoms with E-state index in [0.29, 0.717) is 0 Å². The Bertz CT molecular complexity index is 525. The van der Waals surface area contributed by atoms with Gasteiger partial charge in [0.2, 0.25) is 5.91 Å². The fourth-order valence-corrected chi connectivity index (χ4v) is 1.83. The maximum atomic E-state index is 12.1. The fraction of sp³-hybridized carbons (Fsp3) is 0.529. The molecule has 0 spiro atoms. The van der Waals surface area contributed by atoms with Crippen molar-refractivity contribution in [1.82, 2.24) is 10.4 Å². The van der Waals surface area contributed by atoms with Crippen LogP contribution in [-0.2, 0) is 20.9 Å². The average molecular weight is 322 g/mol. The van der Waals surface area contributed by atoms with Crippen LogP contribution < -0.4 is 5.32 Å². The molecule has 1 aromatic rings. The third-order valence-electron chi connectivity index (χ3n) is 3.13. The lowest BCUT2D eigenvalue weighted by Gasteiger charge is -2.25.